The van der Waals surface area contributed by atoms with Gasteiger partial charge in [0.25, 0.3) is 5.91 Å². The molecule has 0 spiro atoms. The van der Waals surface area contributed by atoms with Gasteiger partial charge in [0.05, 0.1) is 43.3 Å². The molecule has 322 valence electrons. The number of amides is 4. The van der Waals surface area contributed by atoms with E-state index < -0.39 is 17.9 Å². The van der Waals surface area contributed by atoms with Crippen LogP contribution in [0.25, 0.3) is 17.0 Å². The number of rotatable bonds is 16. The van der Waals surface area contributed by atoms with Gasteiger partial charge in [-0.25, -0.2) is 18.9 Å². The van der Waals surface area contributed by atoms with Gasteiger partial charge in [-0.2, -0.15) is 0 Å². The van der Waals surface area contributed by atoms with E-state index in [4.69, 9.17) is 14.8 Å². The Morgan fingerprint density at radius 3 is 2.58 bits per heavy atom. The van der Waals surface area contributed by atoms with Crippen molar-refractivity contribution < 1.29 is 33.1 Å². The Kier molecular flexibility index (Phi) is 13.0. The SMILES string of the molecule is O=Cc1ccc(NCCOCCNC(=O)CN2CCN(c3cccc(-c4cnc5ccc(N6CCC[C@@H]6c6cccc(F)c6)nn45)n3)CC2)cc1C(=O)NC1CCC(=O)NC1=O. The number of anilines is 3. The van der Waals surface area contributed by atoms with E-state index >= 15 is 0 Å². The fraction of sp³-hybridized carbons (Fsp3) is 0.364. The lowest BCUT2D eigenvalue weighted by atomic mass is 10.0. The van der Waals surface area contributed by atoms with Crippen LogP contribution in [-0.4, -0.2) is 126 Å². The minimum Gasteiger partial charge on any atom is -0.383 e. The lowest BCUT2D eigenvalue weighted by Crippen LogP contribution is -2.52. The van der Waals surface area contributed by atoms with E-state index in [1.165, 1.54) is 18.2 Å². The Labute approximate surface area is 357 Å². The molecule has 3 aliphatic rings. The molecule has 8 rings (SSSR count). The number of benzene rings is 2. The molecule has 18 heteroatoms. The largest absolute Gasteiger partial charge is 0.383 e. The highest BCUT2D eigenvalue weighted by molar-refractivity contribution is 6.06. The molecule has 4 N–H and O–H groups in total. The zero-order chi connectivity index (χ0) is 43.0. The van der Waals surface area contributed by atoms with Crippen molar-refractivity contribution in [2.45, 2.75) is 37.8 Å². The van der Waals surface area contributed by atoms with Crippen LogP contribution in [0, 0.1) is 5.82 Å². The molecular weight excluding hydrogens is 798 g/mol. The lowest BCUT2D eigenvalue weighted by molar-refractivity contribution is -0.134. The van der Waals surface area contributed by atoms with Crippen molar-refractivity contribution in [1.82, 2.24) is 40.4 Å². The van der Waals surface area contributed by atoms with E-state index in [9.17, 15) is 28.4 Å². The summed E-state index contributed by atoms with van der Waals surface area (Å²) in [5, 5.41) is 15.9. The van der Waals surface area contributed by atoms with Crippen LogP contribution in [0.2, 0.25) is 0 Å². The van der Waals surface area contributed by atoms with E-state index in [1.807, 2.05) is 40.9 Å². The van der Waals surface area contributed by atoms with E-state index in [2.05, 4.69) is 41.0 Å². The van der Waals surface area contributed by atoms with Crippen LogP contribution in [-0.2, 0) is 19.1 Å². The van der Waals surface area contributed by atoms with Crippen LogP contribution in [0.4, 0.5) is 21.7 Å². The molecule has 3 aliphatic heterocycles. The van der Waals surface area contributed by atoms with Crippen LogP contribution in [0.3, 0.4) is 0 Å². The Morgan fingerprint density at radius 1 is 0.919 bits per heavy atom. The standard InChI is InChI=1S/C44H48FN11O6/c45-31-5-1-4-29(24-31)36-7-3-17-55(36)40-13-12-38-48-26-37(56(38)52-40)34-6-2-8-39(49-34)54-20-18-53(19-21-54)27-42(59)47-16-23-62-22-15-46-32-10-9-30(28-57)33(25-32)43(60)50-35-11-14-41(58)51-44(35)61/h1-2,4-6,8-10,12-13,24-26,28,35-36,46H,3,7,11,14-23,27H2,(H,47,59)(H,50,60)(H,51,58,61)/t35?,36-/m1/s1. The number of fused-ring (bicyclic) bond motifs is 1. The molecule has 3 aromatic heterocycles. The van der Waals surface area contributed by atoms with Crippen molar-refractivity contribution in [1.29, 1.82) is 0 Å². The number of ether oxygens (including phenoxy) is 1. The molecule has 0 saturated carbocycles. The number of imide groups is 1. The Bertz CT molecular complexity index is 2460. The molecule has 0 bridgehead atoms. The van der Waals surface area contributed by atoms with Crippen molar-refractivity contribution >= 4 is 52.9 Å². The van der Waals surface area contributed by atoms with Gasteiger partial charge in [0.2, 0.25) is 17.7 Å². The second kappa shape index (κ2) is 19.3. The number of hydrogen-bond acceptors (Lipinski definition) is 13. The maximum atomic E-state index is 14.1. The van der Waals surface area contributed by atoms with Gasteiger partial charge in [-0.3, -0.25) is 34.2 Å². The van der Waals surface area contributed by atoms with E-state index in [0.717, 1.165) is 48.0 Å². The molecule has 3 saturated heterocycles. The first-order valence-electron chi connectivity index (χ1n) is 20.9. The lowest BCUT2D eigenvalue weighted by Gasteiger charge is -2.35. The first-order chi connectivity index (χ1) is 30.2. The Hall–Kier alpha value is -6.79. The van der Waals surface area contributed by atoms with Crippen LogP contribution >= 0.6 is 0 Å². The van der Waals surface area contributed by atoms with Gasteiger partial charge in [0, 0.05) is 63.5 Å². The third-order valence-electron chi connectivity index (χ3n) is 11.3. The van der Waals surface area contributed by atoms with Gasteiger partial charge in [-0.1, -0.05) is 18.2 Å². The van der Waals surface area contributed by atoms with Gasteiger partial charge < -0.3 is 30.5 Å². The summed E-state index contributed by atoms with van der Waals surface area (Å²) in [5.74, 6) is -0.248. The quantitative estimate of drug-likeness (QED) is 0.0644. The maximum Gasteiger partial charge on any atom is 0.252 e. The molecule has 17 nitrogen and oxygen atoms in total. The molecule has 2 aromatic carbocycles. The summed E-state index contributed by atoms with van der Waals surface area (Å²) < 4.78 is 21.6. The number of nitrogens with one attached hydrogen (secondary N) is 4. The van der Waals surface area contributed by atoms with Crippen molar-refractivity contribution in [3.63, 3.8) is 0 Å². The van der Waals surface area contributed by atoms with Crippen LogP contribution in [0.1, 0.15) is 58.0 Å². The summed E-state index contributed by atoms with van der Waals surface area (Å²) in [6, 6.07) is 20.5. The molecular formula is C44H48FN11O6. The summed E-state index contributed by atoms with van der Waals surface area (Å²) in [6.45, 7) is 5.27. The average molecular weight is 846 g/mol. The summed E-state index contributed by atoms with van der Waals surface area (Å²) in [5.41, 5.74) is 4.03. The molecule has 2 atom stereocenters. The first kappa shape index (κ1) is 41.9. The first-order valence-corrected chi connectivity index (χ1v) is 20.9. The molecule has 4 amide bonds. The Balaban J connectivity index is 0.759. The Morgan fingerprint density at radius 2 is 1.76 bits per heavy atom. The number of nitrogens with zero attached hydrogens (tertiary/aromatic N) is 7. The molecule has 1 unspecified atom stereocenters. The van der Waals surface area contributed by atoms with E-state index in [1.54, 1.807) is 24.4 Å². The number of carbonyl (C=O) groups is 5. The number of piperazine rings is 1. The smallest absolute Gasteiger partial charge is 0.252 e. The number of aromatic nitrogens is 4. The number of carbonyl (C=O) groups excluding carboxylic acids is 5. The highest BCUT2D eigenvalue weighted by Crippen LogP contribution is 2.36. The van der Waals surface area contributed by atoms with Gasteiger partial charge in [0.15, 0.2) is 11.9 Å². The minimum atomic E-state index is -0.862. The maximum absolute atomic E-state index is 14.1. The topological polar surface area (TPSA) is 195 Å². The third kappa shape index (κ3) is 9.87. The van der Waals surface area contributed by atoms with Crippen LogP contribution in [0.5, 0.6) is 0 Å². The van der Waals surface area contributed by atoms with E-state index in [-0.39, 0.29) is 54.2 Å². The molecule has 6 heterocycles. The average Bonchev–Trinajstić information content (AvgIpc) is 3.95. The second-order valence-corrected chi connectivity index (χ2v) is 15.4. The summed E-state index contributed by atoms with van der Waals surface area (Å²) in [7, 11) is 0. The molecule has 3 fully saturated rings. The van der Waals surface area contributed by atoms with Crippen LogP contribution in [0.15, 0.2) is 79.0 Å². The highest BCUT2D eigenvalue weighted by atomic mass is 19.1. The number of aldehydes is 1. The van der Waals surface area contributed by atoms with Gasteiger partial charge in [-0.15, -0.1) is 5.10 Å². The van der Waals surface area contributed by atoms with Gasteiger partial charge >= 0.3 is 0 Å². The van der Waals surface area contributed by atoms with Crippen molar-refractivity contribution in [2.75, 3.05) is 80.7 Å². The zero-order valence-corrected chi connectivity index (χ0v) is 34.1. The molecule has 0 aliphatic carbocycles. The highest BCUT2D eigenvalue weighted by Gasteiger charge is 2.30. The molecule has 62 heavy (non-hydrogen) atoms. The number of halogens is 1. The fourth-order valence-electron chi connectivity index (χ4n) is 8.09. The number of pyridine rings is 1. The number of piperidine rings is 1. The molecule has 0 radical (unpaired) electrons. The van der Waals surface area contributed by atoms with Gasteiger partial charge in [-0.05, 0) is 79.4 Å². The summed E-state index contributed by atoms with van der Waals surface area (Å²) in [6.07, 6.45) is 4.57. The minimum absolute atomic E-state index is 0.0437. The summed E-state index contributed by atoms with van der Waals surface area (Å²) in [4.78, 5) is 76.9. The summed E-state index contributed by atoms with van der Waals surface area (Å²) >= 11 is 0. The van der Waals surface area contributed by atoms with Crippen LogP contribution < -0.4 is 31.1 Å². The molecule has 5 aromatic rings. The van der Waals surface area contributed by atoms with Gasteiger partial charge in [0.1, 0.15) is 29.2 Å². The second-order valence-electron chi connectivity index (χ2n) is 15.4. The normalized spacial score (nSPS) is 18.1. The number of hydrogen-bond donors (Lipinski definition) is 4. The third-order valence-corrected chi connectivity index (χ3v) is 11.3. The zero-order valence-electron chi connectivity index (χ0n) is 34.1. The predicted molar refractivity (Wildman–Crippen MR) is 228 cm³/mol. The fourth-order valence-corrected chi connectivity index (χ4v) is 8.09. The monoisotopic (exact) mass is 845 g/mol. The number of imidazole rings is 1. The van der Waals surface area contributed by atoms with Crippen molar-refractivity contribution in [3.05, 3.63) is 102 Å². The van der Waals surface area contributed by atoms with Crippen molar-refractivity contribution in [2.24, 2.45) is 0 Å². The van der Waals surface area contributed by atoms with E-state index in [0.29, 0.717) is 70.1 Å². The predicted octanol–water partition coefficient (Wildman–Crippen LogP) is 2.99. The van der Waals surface area contributed by atoms with Crippen molar-refractivity contribution in [3.8, 4) is 11.4 Å².